The Labute approximate surface area is 198 Å². The van der Waals surface area contributed by atoms with E-state index < -0.39 is 11.9 Å². The second-order valence-corrected chi connectivity index (χ2v) is 3.31. The van der Waals surface area contributed by atoms with Gasteiger partial charge < -0.3 is 19.8 Å². The van der Waals surface area contributed by atoms with Crippen LogP contribution < -0.4 is 109 Å². The Kier molecular flexibility index (Phi) is 14.9. The van der Waals surface area contributed by atoms with Gasteiger partial charge in [0, 0.05) is 0 Å². The Morgan fingerprint density at radius 3 is 1.05 bits per heavy atom. The normalized spacial score (nSPS) is 8.00. The van der Waals surface area contributed by atoms with Gasteiger partial charge in [0.15, 0.2) is 0 Å². The van der Waals surface area contributed by atoms with Crippen LogP contribution in [0.3, 0.4) is 0 Å². The predicted octanol–water partition coefficient (Wildman–Crippen LogP) is -5.89. The van der Waals surface area contributed by atoms with E-state index in [4.69, 9.17) is 0 Å². The number of hydrogen-bond donors (Lipinski definition) is 0. The summed E-state index contributed by atoms with van der Waals surface area (Å²) in [5.41, 5.74) is 0.440. The summed E-state index contributed by atoms with van der Waals surface area (Å²) in [6, 6.07) is 16.1. The van der Waals surface area contributed by atoms with Crippen LogP contribution in [0.1, 0.15) is 20.7 Å². The molecule has 0 saturated heterocycles. The molecule has 0 amide bonds. The fourth-order valence-electron chi connectivity index (χ4n) is 1.15. The van der Waals surface area contributed by atoms with Crippen molar-refractivity contribution in [2.24, 2.45) is 0 Å². The number of carbonyl (C=O) groups excluding carboxylic acids is 2. The molecule has 0 heterocycles. The van der Waals surface area contributed by atoms with E-state index in [0.29, 0.717) is 0 Å². The molecule has 0 bridgehead atoms. The predicted molar refractivity (Wildman–Crippen MR) is 61.5 cm³/mol. The van der Waals surface area contributed by atoms with Crippen molar-refractivity contribution in [2.75, 3.05) is 0 Å². The Bertz CT molecular complexity index is 468. The number of carboxylic acids is 2. The zero-order valence-corrected chi connectivity index (χ0v) is 19.7. The molecule has 2 aromatic carbocycles. The van der Waals surface area contributed by atoms with Crippen LogP contribution in [0, 0.1) is 0 Å². The first-order valence-electron chi connectivity index (χ1n) is 5.14. The van der Waals surface area contributed by atoms with E-state index in [-0.39, 0.29) is 110 Å². The van der Waals surface area contributed by atoms with Crippen LogP contribution in [0.4, 0.5) is 0 Å². The molecule has 2 aromatic rings. The minimum atomic E-state index is -1.13. The molecular weight excluding hydrogens is 388 g/mol. The first-order valence-corrected chi connectivity index (χ1v) is 5.14. The third-order valence-electron chi connectivity index (χ3n) is 2.02. The molecule has 92 valence electrons. The second-order valence-electron chi connectivity index (χ2n) is 3.31. The van der Waals surface area contributed by atoms with E-state index in [1.54, 1.807) is 36.4 Å². The van der Waals surface area contributed by atoms with E-state index in [9.17, 15) is 19.8 Å². The van der Waals surface area contributed by atoms with Crippen molar-refractivity contribution in [2.45, 2.75) is 0 Å². The summed E-state index contributed by atoms with van der Waals surface area (Å²) in [5.74, 6) is -2.26. The Morgan fingerprint density at radius 2 is 0.900 bits per heavy atom. The maximum Gasteiger partial charge on any atom is 1.00 e. The number of carbonyl (C=O) groups is 2. The van der Waals surface area contributed by atoms with Gasteiger partial charge >= 0.3 is 98.5 Å². The van der Waals surface area contributed by atoms with E-state index >= 15 is 0 Å². The zero-order valence-electron chi connectivity index (χ0n) is 11.4. The Hall–Kier alpha value is 0.432. The van der Waals surface area contributed by atoms with Crippen molar-refractivity contribution in [3.63, 3.8) is 0 Å². The fourth-order valence-corrected chi connectivity index (χ4v) is 1.15. The zero-order chi connectivity index (χ0) is 13.4. The van der Waals surface area contributed by atoms with Crippen LogP contribution in [0.5, 0.6) is 0 Å². The van der Waals surface area contributed by atoms with Crippen LogP contribution in [0.25, 0.3) is 0 Å². The van der Waals surface area contributed by atoms with E-state index in [2.05, 4.69) is 0 Å². The van der Waals surface area contributed by atoms with Gasteiger partial charge in [-0.3, -0.25) is 0 Å². The minimum Gasteiger partial charge on any atom is -0.545 e. The molecule has 0 saturated carbocycles. The van der Waals surface area contributed by atoms with Gasteiger partial charge in [0.25, 0.3) is 0 Å². The molecule has 0 aliphatic rings. The molecular formula is C14H10CsNaO4. The molecule has 20 heavy (non-hydrogen) atoms. The number of carboxylic acid groups (broad SMARTS) is 2. The molecule has 0 aliphatic carbocycles. The van der Waals surface area contributed by atoms with E-state index in [1.165, 1.54) is 24.3 Å². The van der Waals surface area contributed by atoms with Gasteiger partial charge in [-0.05, 0) is 11.1 Å². The van der Waals surface area contributed by atoms with Gasteiger partial charge in [0.1, 0.15) is 0 Å². The van der Waals surface area contributed by atoms with Crippen molar-refractivity contribution in [1.82, 2.24) is 0 Å². The summed E-state index contributed by atoms with van der Waals surface area (Å²) in [4.78, 5) is 20.2. The van der Waals surface area contributed by atoms with Gasteiger partial charge in [-0.1, -0.05) is 60.7 Å². The van der Waals surface area contributed by atoms with Crippen molar-refractivity contribution in [3.8, 4) is 0 Å². The van der Waals surface area contributed by atoms with Gasteiger partial charge in [-0.2, -0.15) is 0 Å². The number of benzene rings is 2. The van der Waals surface area contributed by atoms with Gasteiger partial charge in [-0.15, -0.1) is 0 Å². The van der Waals surface area contributed by atoms with Crippen LogP contribution in [0.2, 0.25) is 0 Å². The molecule has 0 aliphatic heterocycles. The molecule has 0 fully saturated rings. The van der Waals surface area contributed by atoms with Crippen molar-refractivity contribution in [1.29, 1.82) is 0 Å². The van der Waals surface area contributed by atoms with Crippen LogP contribution in [-0.2, 0) is 0 Å². The minimum absolute atomic E-state index is 0. The molecule has 0 unspecified atom stereocenters. The molecule has 2 rings (SSSR count). The molecule has 6 heteroatoms. The average Bonchev–Trinajstić information content (AvgIpc) is 2.41. The van der Waals surface area contributed by atoms with Gasteiger partial charge in [0.2, 0.25) is 0 Å². The first kappa shape index (κ1) is 22.7. The van der Waals surface area contributed by atoms with Crippen LogP contribution in [0.15, 0.2) is 60.7 Å². The molecule has 0 aromatic heterocycles. The average molecular weight is 398 g/mol. The summed E-state index contributed by atoms with van der Waals surface area (Å²) in [7, 11) is 0. The fraction of sp³-hybridized carbons (Fsp3) is 0. The summed E-state index contributed by atoms with van der Waals surface area (Å²) >= 11 is 0. The quantitative estimate of drug-likeness (QED) is 0.473. The molecule has 0 spiro atoms. The molecule has 0 radical (unpaired) electrons. The van der Waals surface area contributed by atoms with Crippen LogP contribution in [-0.4, -0.2) is 11.9 Å². The topological polar surface area (TPSA) is 80.3 Å². The summed E-state index contributed by atoms with van der Waals surface area (Å²) in [6.45, 7) is 0. The van der Waals surface area contributed by atoms with Crippen LogP contribution >= 0.6 is 0 Å². The third kappa shape index (κ3) is 9.38. The Morgan fingerprint density at radius 1 is 0.650 bits per heavy atom. The number of rotatable bonds is 2. The summed E-state index contributed by atoms with van der Waals surface area (Å²) in [6.07, 6.45) is 0. The molecule has 0 atom stereocenters. The van der Waals surface area contributed by atoms with Crippen molar-refractivity contribution < 1.29 is 118 Å². The monoisotopic (exact) mass is 398 g/mol. The SMILES string of the molecule is O=C([O-])c1ccccc1.O=C([O-])c1ccccc1.[Cs+].[Na+]. The van der Waals surface area contributed by atoms with E-state index in [1.807, 2.05) is 0 Å². The largest absolute Gasteiger partial charge is 1.00 e. The first-order chi connectivity index (χ1) is 8.61. The smallest absolute Gasteiger partial charge is 0.545 e. The summed E-state index contributed by atoms with van der Waals surface area (Å²) in [5, 5.41) is 20.2. The second kappa shape index (κ2) is 13.1. The number of aromatic carboxylic acids is 2. The maximum atomic E-state index is 10.1. The maximum absolute atomic E-state index is 10.1. The van der Waals surface area contributed by atoms with Crippen molar-refractivity contribution >= 4 is 11.9 Å². The molecule has 4 nitrogen and oxygen atoms in total. The third-order valence-corrected chi connectivity index (χ3v) is 2.02. The Balaban J connectivity index is 0. The molecule has 0 N–H and O–H groups in total. The standard InChI is InChI=1S/2C7H6O2.Cs.Na/c2*8-7(9)6-4-2-1-3-5-6;;/h2*1-5H,(H,8,9);;/q;;2*+1/p-2. The number of hydrogen-bond acceptors (Lipinski definition) is 4. The van der Waals surface area contributed by atoms with Gasteiger partial charge in [-0.25, -0.2) is 0 Å². The van der Waals surface area contributed by atoms with Gasteiger partial charge in [0.05, 0.1) is 11.9 Å². The van der Waals surface area contributed by atoms with Crippen molar-refractivity contribution in [3.05, 3.63) is 71.8 Å². The summed E-state index contributed by atoms with van der Waals surface area (Å²) < 4.78 is 0. The van der Waals surface area contributed by atoms with E-state index in [0.717, 1.165) is 0 Å².